The third-order valence-corrected chi connectivity index (χ3v) is 4.84. The molecule has 2 aromatic carbocycles. The molecule has 0 bridgehead atoms. The number of benzene rings is 2. The molecule has 0 saturated carbocycles. The van der Waals surface area contributed by atoms with E-state index >= 15 is 0 Å². The number of methoxy groups -OCH3 is 1. The van der Waals surface area contributed by atoms with Crippen LogP contribution in [-0.2, 0) is 4.74 Å². The van der Waals surface area contributed by atoms with E-state index in [9.17, 15) is 9.59 Å². The molecule has 1 saturated heterocycles. The number of nitrogens with zero attached hydrogens (tertiary/aromatic N) is 1. The van der Waals surface area contributed by atoms with Gasteiger partial charge < -0.3 is 14.1 Å². The van der Waals surface area contributed by atoms with Gasteiger partial charge in [-0.1, -0.05) is 18.2 Å². The lowest BCUT2D eigenvalue weighted by Crippen LogP contribution is -2.31. The number of carbonyl (C=O) groups is 1. The Morgan fingerprint density at radius 3 is 2.56 bits per heavy atom. The van der Waals surface area contributed by atoms with E-state index in [0.717, 1.165) is 42.4 Å². The first-order valence-electron chi connectivity index (χ1n) is 8.52. The molecule has 5 nitrogen and oxygen atoms in total. The third-order valence-electron chi connectivity index (χ3n) is 4.84. The van der Waals surface area contributed by atoms with Crippen LogP contribution in [0.3, 0.4) is 0 Å². The molecule has 0 radical (unpaired) electrons. The van der Waals surface area contributed by atoms with E-state index in [1.54, 1.807) is 12.1 Å². The van der Waals surface area contributed by atoms with Crippen molar-refractivity contribution >= 4 is 33.4 Å². The van der Waals surface area contributed by atoms with Gasteiger partial charge in [0.25, 0.3) is 0 Å². The van der Waals surface area contributed by atoms with Crippen molar-refractivity contribution in [3.63, 3.8) is 0 Å². The van der Waals surface area contributed by atoms with E-state index in [-0.39, 0.29) is 0 Å². The van der Waals surface area contributed by atoms with Gasteiger partial charge in [-0.3, -0.25) is 0 Å². The Bertz CT molecular complexity index is 1020. The molecule has 1 aliphatic rings. The molecule has 3 aromatic rings. The number of piperidine rings is 1. The molecule has 2 heterocycles. The highest BCUT2D eigenvalue weighted by Gasteiger charge is 2.22. The van der Waals surface area contributed by atoms with Gasteiger partial charge >= 0.3 is 11.6 Å². The fourth-order valence-corrected chi connectivity index (χ4v) is 3.58. The van der Waals surface area contributed by atoms with Gasteiger partial charge in [0, 0.05) is 23.9 Å². The lowest BCUT2D eigenvalue weighted by Gasteiger charge is -2.30. The van der Waals surface area contributed by atoms with Gasteiger partial charge in [-0.2, -0.15) is 0 Å². The summed E-state index contributed by atoms with van der Waals surface area (Å²) < 4.78 is 10.4. The Morgan fingerprint density at radius 2 is 1.80 bits per heavy atom. The molecular formula is C20H19NO4. The second-order valence-corrected chi connectivity index (χ2v) is 6.34. The van der Waals surface area contributed by atoms with Crippen molar-refractivity contribution in [1.82, 2.24) is 0 Å². The minimum absolute atomic E-state index is 0.403. The quantitative estimate of drug-likeness (QED) is 0.405. The van der Waals surface area contributed by atoms with Crippen LogP contribution in [0.2, 0.25) is 0 Å². The molecule has 0 N–H and O–H groups in total. The molecule has 128 valence electrons. The number of anilines is 1. The molecule has 0 spiro atoms. The molecule has 5 heteroatoms. The molecule has 1 fully saturated rings. The number of ether oxygens (including phenoxy) is 1. The molecule has 1 aliphatic heterocycles. The minimum Gasteiger partial charge on any atom is -0.465 e. The Labute approximate surface area is 144 Å². The second-order valence-electron chi connectivity index (χ2n) is 6.34. The van der Waals surface area contributed by atoms with Crippen molar-refractivity contribution in [2.24, 2.45) is 0 Å². The van der Waals surface area contributed by atoms with E-state index in [0.29, 0.717) is 16.5 Å². The average Bonchev–Trinajstić information content (AvgIpc) is 2.67. The zero-order chi connectivity index (χ0) is 17.4. The second kappa shape index (κ2) is 6.24. The molecule has 0 unspecified atom stereocenters. The summed E-state index contributed by atoms with van der Waals surface area (Å²) in [5.74, 6) is -0.435. The minimum atomic E-state index is -0.441. The molecule has 0 aliphatic carbocycles. The molecule has 0 amide bonds. The first kappa shape index (κ1) is 15.7. The van der Waals surface area contributed by atoms with Gasteiger partial charge in [-0.05, 0) is 37.5 Å². The van der Waals surface area contributed by atoms with E-state index in [1.807, 2.05) is 24.3 Å². The van der Waals surface area contributed by atoms with Crippen molar-refractivity contribution in [2.45, 2.75) is 19.3 Å². The first-order valence-corrected chi connectivity index (χ1v) is 8.52. The predicted molar refractivity (Wildman–Crippen MR) is 97.4 cm³/mol. The largest absolute Gasteiger partial charge is 0.465 e. The van der Waals surface area contributed by atoms with Gasteiger partial charge in [-0.25, -0.2) is 9.59 Å². The molecular weight excluding hydrogens is 318 g/mol. The average molecular weight is 337 g/mol. The lowest BCUT2D eigenvalue weighted by atomic mass is 10.0. The normalized spacial score (nSPS) is 14.8. The van der Waals surface area contributed by atoms with Crippen LogP contribution in [0.1, 0.15) is 29.6 Å². The number of fused-ring (bicyclic) bond motifs is 3. The van der Waals surface area contributed by atoms with Gasteiger partial charge in [0.1, 0.15) is 5.58 Å². The monoisotopic (exact) mass is 337 g/mol. The van der Waals surface area contributed by atoms with Gasteiger partial charge in [-0.15, -0.1) is 0 Å². The number of para-hydroxylation sites is 1. The Kier molecular flexibility index (Phi) is 3.92. The van der Waals surface area contributed by atoms with E-state index in [2.05, 4.69) is 4.90 Å². The van der Waals surface area contributed by atoms with Crippen molar-refractivity contribution in [3.05, 3.63) is 52.4 Å². The van der Waals surface area contributed by atoms with Gasteiger partial charge in [0.2, 0.25) is 0 Å². The Balaban J connectivity index is 2.05. The zero-order valence-corrected chi connectivity index (χ0v) is 14.1. The summed E-state index contributed by atoms with van der Waals surface area (Å²) in [4.78, 5) is 26.9. The summed E-state index contributed by atoms with van der Waals surface area (Å²) in [5, 5.41) is 2.08. The SMILES string of the molecule is COC(=O)c1cc2c(=O)oc3ccccc3c2cc1N1CCCCC1. The van der Waals surface area contributed by atoms with Crippen LogP contribution in [0.25, 0.3) is 21.7 Å². The van der Waals surface area contributed by atoms with Crippen molar-refractivity contribution in [3.8, 4) is 0 Å². The summed E-state index contributed by atoms with van der Waals surface area (Å²) in [6.45, 7) is 1.80. The summed E-state index contributed by atoms with van der Waals surface area (Å²) in [7, 11) is 1.36. The van der Waals surface area contributed by atoms with Crippen LogP contribution in [0.5, 0.6) is 0 Å². The molecule has 0 atom stereocenters. The summed E-state index contributed by atoms with van der Waals surface area (Å²) >= 11 is 0. The van der Waals surface area contributed by atoms with Crippen LogP contribution in [0, 0.1) is 0 Å². The van der Waals surface area contributed by atoms with Crippen molar-refractivity contribution in [1.29, 1.82) is 0 Å². The number of esters is 1. The number of rotatable bonds is 2. The van der Waals surface area contributed by atoms with Crippen molar-refractivity contribution in [2.75, 3.05) is 25.1 Å². The maximum absolute atomic E-state index is 12.4. The maximum Gasteiger partial charge on any atom is 0.344 e. The van der Waals surface area contributed by atoms with Gasteiger partial charge in [0.15, 0.2) is 0 Å². The fourth-order valence-electron chi connectivity index (χ4n) is 3.58. The lowest BCUT2D eigenvalue weighted by molar-refractivity contribution is 0.0601. The number of hydrogen-bond donors (Lipinski definition) is 0. The van der Waals surface area contributed by atoms with E-state index in [4.69, 9.17) is 9.15 Å². The highest BCUT2D eigenvalue weighted by atomic mass is 16.5. The predicted octanol–water partition coefficient (Wildman–Crippen LogP) is 3.72. The molecule has 1 aromatic heterocycles. The van der Waals surface area contributed by atoms with Crippen LogP contribution in [-0.4, -0.2) is 26.2 Å². The fraction of sp³-hybridized carbons (Fsp3) is 0.300. The summed E-state index contributed by atoms with van der Waals surface area (Å²) in [6.07, 6.45) is 3.39. The van der Waals surface area contributed by atoms with Crippen LogP contribution >= 0.6 is 0 Å². The number of carbonyl (C=O) groups excluding carboxylic acids is 1. The standard InChI is InChI=1S/C20H19NO4/c1-24-19(22)16-11-15-14(12-17(16)21-9-5-2-6-10-21)13-7-3-4-8-18(13)25-20(15)23/h3-4,7-8,11-12H,2,5-6,9-10H2,1H3. The molecule has 25 heavy (non-hydrogen) atoms. The van der Waals surface area contributed by atoms with Gasteiger partial charge in [0.05, 0.1) is 23.7 Å². The Morgan fingerprint density at radius 1 is 1.04 bits per heavy atom. The highest BCUT2D eigenvalue weighted by molar-refractivity contribution is 6.09. The summed E-state index contributed by atoms with van der Waals surface area (Å²) in [6, 6.07) is 11.0. The molecule has 4 rings (SSSR count). The number of hydrogen-bond acceptors (Lipinski definition) is 5. The van der Waals surface area contributed by atoms with E-state index < -0.39 is 11.6 Å². The van der Waals surface area contributed by atoms with Crippen LogP contribution < -0.4 is 10.5 Å². The van der Waals surface area contributed by atoms with Crippen LogP contribution in [0.4, 0.5) is 5.69 Å². The smallest absolute Gasteiger partial charge is 0.344 e. The summed E-state index contributed by atoms with van der Waals surface area (Å²) in [5.41, 5.74) is 1.36. The van der Waals surface area contributed by atoms with Crippen LogP contribution in [0.15, 0.2) is 45.6 Å². The van der Waals surface area contributed by atoms with Crippen molar-refractivity contribution < 1.29 is 13.9 Å². The van der Waals surface area contributed by atoms with E-state index in [1.165, 1.54) is 13.5 Å². The Hall–Kier alpha value is -2.82. The first-order chi connectivity index (χ1) is 12.2. The third kappa shape index (κ3) is 2.65. The highest BCUT2D eigenvalue weighted by Crippen LogP contribution is 2.32. The topological polar surface area (TPSA) is 59.8 Å². The zero-order valence-electron chi connectivity index (χ0n) is 14.1. The maximum atomic E-state index is 12.4.